The first-order valence-corrected chi connectivity index (χ1v) is 6.38. The van der Waals surface area contributed by atoms with Crippen LogP contribution in [0.5, 0.6) is 0 Å². The maximum absolute atomic E-state index is 6.00. The van der Waals surface area contributed by atoms with Gasteiger partial charge in [-0.1, -0.05) is 29.3 Å². The largest absolute Gasteiger partial charge is 0.342 e. The number of halogens is 1. The van der Waals surface area contributed by atoms with Crippen molar-refractivity contribution in [3.63, 3.8) is 0 Å². The van der Waals surface area contributed by atoms with Gasteiger partial charge in [-0.2, -0.15) is 0 Å². The van der Waals surface area contributed by atoms with Crippen molar-refractivity contribution in [2.45, 2.75) is 32.2 Å². The standard InChI is InChI=1S/C12H16BrN3/c1-2-3-9(14)7-12-15-10-5-4-8(13)6-11(10)16-12/h4-6,9H,2-3,7,14H2,1H3,(H,15,16). The molecule has 3 nitrogen and oxygen atoms in total. The number of H-pyrrole nitrogens is 1. The van der Waals surface area contributed by atoms with Crippen LogP contribution < -0.4 is 5.73 Å². The van der Waals surface area contributed by atoms with Crippen LogP contribution >= 0.6 is 15.9 Å². The molecule has 0 aliphatic rings. The summed E-state index contributed by atoms with van der Waals surface area (Å²) >= 11 is 3.44. The summed E-state index contributed by atoms with van der Waals surface area (Å²) in [5.41, 5.74) is 8.06. The van der Waals surface area contributed by atoms with Crippen molar-refractivity contribution in [2.24, 2.45) is 5.73 Å². The molecule has 0 fully saturated rings. The molecule has 0 bridgehead atoms. The van der Waals surface area contributed by atoms with Crippen LogP contribution in [0.2, 0.25) is 0 Å². The first kappa shape index (κ1) is 11.6. The van der Waals surface area contributed by atoms with Crippen LogP contribution in [0, 0.1) is 0 Å². The van der Waals surface area contributed by atoms with Gasteiger partial charge >= 0.3 is 0 Å². The molecule has 1 aromatic heterocycles. The van der Waals surface area contributed by atoms with Crippen molar-refractivity contribution in [3.05, 3.63) is 28.5 Å². The van der Waals surface area contributed by atoms with E-state index in [1.54, 1.807) is 0 Å². The third-order valence-corrected chi connectivity index (χ3v) is 3.10. The Kier molecular flexibility index (Phi) is 3.61. The average molecular weight is 282 g/mol. The number of nitrogens with one attached hydrogen (secondary N) is 1. The maximum atomic E-state index is 6.00. The van der Waals surface area contributed by atoms with Gasteiger partial charge < -0.3 is 10.7 Å². The van der Waals surface area contributed by atoms with Crippen LogP contribution in [0.3, 0.4) is 0 Å². The van der Waals surface area contributed by atoms with Crippen molar-refractivity contribution in [1.82, 2.24) is 9.97 Å². The fourth-order valence-electron chi connectivity index (χ4n) is 1.85. The van der Waals surface area contributed by atoms with Crippen LogP contribution in [0.1, 0.15) is 25.6 Å². The topological polar surface area (TPSA) is 54.7 Å². The third kappa shape index (κ3) is 2.62. The molecular weight excluding hydrogens is 266 g/mol. The number of aromatic amines is 1. The van der Waals surface area contributed by atoms with E-state index in [1.807, 2.05) is 18.2 Å². The molecule has 0 aliphatic heterocycles. The number of fused-ring (bicyclic) bond motifs is 1. The Hall–Kier alpha value is -0.870. The van der Waals surface area contributed by atoms with Crippen LogP contribution in [0.4, 0.5) is 0 Å². The van der Waals surface area contributed by atoms with Gasteiger partial charge in [-0.15, -0.1) is 0 Å². The number of hydrogen-bond donors (Lipinski definition) is 2. The van der Waals surface area contributed by atoms with E-state index in [9.17, 15) is 0 Å². The minimum Gasteiger partial charge on any atom is -0.342 e. The van der Waals surface area contributed by atoms with E-state index in [4.69, 9.17) is 5.73 Å². The fourth-order valence-corrected chi connectivity index (χ4v) is 2.21. The minimum atomic E-state index is 0.203. The monoisotopic (exact) mass is 281 g/mol. The molecule has 0 spiro atoms. The summed E-state index contributed by atoms with van der Waals surface area (Å²) in [6, 6.07) is 6.25. The van der Waals surface area contributed by atoms with Crippen molar-refractivity contribution >= 4 is 27.0 Å². The molecule has 1 aromatic carbocycles. The summed E-state index contributed by atoms with van der Waals surface area (Å²) in [4.78, 5) is 7.82. The molecule has 0 aliphatic carbocycles. The molecule has 1 heterocycles. The van der Waals surface area contributed by atoms with Gasteiger partial charge in [0.25, 0.3) is 0 Å². The highest BCUT2D eigenvalue weighted by molar-refractivity contribution is 9.10. The van der Waals surface area contributed by atoms with Gasteiger partial charge in [0.05, 0.1) is 11.0 Å². The molecule has 2 aromatic rings. The number of nitrogens with two attached hydrogens (primary N) is 1. The second kappa shape index (κ2) is 4.97. The third-order valence-electron chi connectivity index (χ3n) is 2.61. The molecule has 1 atom stereocenters. The van der Waals surface area contributed by atoms with Gasteiger partial charge in [0.15, 0.2) is 0 Å². The second-order valence-electron chi connectivity index (χ2n) is 4.10. The highest BCUT2D eigenvalue weighted by Gasteiger charge is 2.07. The smallest absolute Gasteiger partial charge is 0.108 e. The van der Waals surface area contributed by atoms with Crippen molar-refractivity contribution in [3.8, 4) is 0 Å². The summed E-state index contributed by atoms with van der Waals surface area (Å²) in [5.74, 6) is 0.981. The maximum Gasteiger partial charge on any atom is 0.108 e. The van der Waals surface area contributed by atoms with Crippen LogP contribution in [0.15, 0.2) is 22.7 Å². The Morgan fingerprint density at radius 2 is 2.31 bits per heavy atom. The fraction of sp³-hybridized carbons (Fsp3) is 0.417. The molecule has 0 amide bonds. The number of rotatable bonds is 4. The van der Waals surface area contributed by atoms with Crippen molar-refractivity contribution in [1.29, 1.82) is 0 Å². The molecule has 2 rings (SSSR count). The van der Waals surface area contributed by atoms with Gasteiger partial charge in [-0.05, 0) is 24.6 Å². The number of benzene rings is 1. The summed E-state index contributed by atoms with van der Waals surface area (Å²) in [6.45, 7) is 2.15. The predicted molar refractivity (Wildman–Crippen MR) is 70.4 cm³/mol. The van der Waals surface area contributed by atoms with E-state index in [0.717, 1.165) is 40.6 Å². The first-order valence-electron chi connectivity index (χ1n) is 5.58. The zero-order valence-electron chi connectivity index (χ0n) is 9.33. The van der Waals surface area contributed by atoms with Gasteiger partial charge in [-0.3, -0.25) is 0 Å². The van der Waals surface area contributed by atoms with Crippen molar-refractivity contribution in [2.75, 3.05) is 0 Å². The summed E-state index contributed by atoms with van der Waals surface area (Å²) in [7, 11) is 0. The molecule has 0 radical (unpaired) electrons. The van der Waals surface area contributed by atoms with E-state index in [2.05, 4.69) is 32.8 Å². The number of imidazole rings is 1. The van der Waals surface area contributed by atoms with E-state index in [1.165, 1.54) is 0 Å². The highest BCUT2D eigenvalue weighted by atomic mass is 79.9. The van der Waals surface area contributed by atoms with Gasteiger partial charge in [0.2, 0.25) is 0 Å². The molecule has 86 valence electrons. The summed E-state index contributed by atoms with van der Waals surface area (Å²) in [5, 5.41) is 0. The van der Waals surface area contributed by atoms with Gasteiger partial charge in [-0.25, -0.2) is 4.98 Å². The van der Waals surface area contributed by atoms with Crippen LogP contribution in [-0.2, 0) is 6.42 Å². The zero-order chi connectivity index (χ0) is 11.5. The minimum absolute atomic E-state index is 0.203. The number of aromatic nitrogens is 2. The lowest BCUT2D eigenvalue weighted by atomic mass is 10.1. The van der Waals surface area contributed by atoms with E-state index >= 15 is 0 Å². The lowest BCUT2D eigenvalue weighted by Crippen LogP contribution is -2.22. The number of hydrogen-bond acceptors (Lipinski definition) is 2. The SMILES string of the molecule is CCCC(N)Cc1nc2ccc(Br)cc2[nH]1. The molecule has 0 saturated heterocycles. The lowest BCUT2D eigenvalue weighted by Gasteiger charge is -2.06. The molecule has 0 saturated carbocycles. The normalized spacial score (nSPS) is 13.2. The van der Waals surface area contributed by atoms with Gasteiger partial charge in [0, 0.05) is 16.9 Å². The second-order valence-corrected chi connectivity index (χ2v) is 5.01. The molecular formula is C12H16BrN3. The Labute approximate surface area is 104 Å². The molecule has 1 unspecified atom stereocenters. The quantitative estimate of drug-likeness (QED) is 0.905. The highest BCUT2D eigenvalue weighted by Crippen LogP contribution is 2.18. The Morgan fingerprint density at radius 1 is 1.50 bits per heavy atom. The molecule has 3 N–H and O–H groups in total. The van der Waals surface area contributed by atoms with Crippen molar-refractivity contribution < 1.29 is 0 Å². The van der Waals surface area contributed by atoms with Crippen LogP contribution in [0.25, 0.3) is 11.0 Å². The Bertz CT molecular complexity index is 478. The van der Waals surface area contributed by atoms with E-state index in [-0.39, 0.29) is 6.04 Å². The lowest BCUT2D eigenvalue weighted by molar-refractivity contribution is 0.588. The summed E-state index contributed by atoms with van der Waals surface area (Å²) < 4.78 is 1.06. The van der Waals surface area contributed by atoms with E-state index < -0.39 is 0 Å². The Morgan fingerprint density at radius 3 is 3.06 bits per heavy atom. The zero-order valence-corrected chi connectivity index (χ0v) is 10.9. The first-order chi connectivity index (χ1) is 7.69. The Balaban J connectivity index is 2.19. The predicted octanol–water partition coefficient (Wildman–Crippen LogP) is 3.00. The van der Waals surface area contributed by atoms with Crippen LogP contribution in [-0.4, -0.2) is 16.0 Å². The van der Waals surface area contributed by atoms with Gasteiger partial charge in [0.1, 0.15) is 5.82 Å². The summed E-state index contributed by atoms with van der Waals surface area (Å²) in [6.07, 6.45) is 2.98. The average Bonchev–Trinajstić information content (AvgIpc) is 2.59. The molecule has 16 heavy (non-hydrogen) atoms. The molecule has 4 heteroatoms. The van der Waals surface area contributed by atoms with E-state index in [0.29, 0.717) is 0 Å². The number of nitrogens with zero attached hydrogens (tertiary/aromatic N) is 1.